The molecule has 1 aliphatic heterocycles. The number of amides is 1. The number of para-hydroxylation sites is 1. The first-order valence-corrected chi connectivity index (χ1v) is 9.94. The smallest absolute Gasteiger partial charge is 0.295 e. The summed E-state index contributed by atoms with van der Waals surface area (Å²) in [6.07, 6.45) is 2.06. The van der Waals surface area contributed by atoms with Gasteiger partial charge in [0.15, 0.2) is 0 Å². The van der Waals surface area contributed by atoms with E-state index in [1.165, 1.54) is 11.1 Å². The maximum absolute atomic E-state index is 13.0. The molecule has 150 valence electrons. The normalized spacial score (nSPS) is 13.3. The van der Waals surface area contributed by atoms with Crippen LogP contribution in [0.1, 0.15) is 23.2 Å². The number of aryl methyl sites for hydroxylation is 2. The molecule has 0 saturated carbocycles. The third kappa shape index (κ3) is 3.58. The summed E-state index contributed by atoms with van der Waals surface area (Å²) in [4.78, 5) is 27.9. The molecule has 1 N–H and O–H groups in total. The Morgan fingerprint density at radius 2 is 1.86 bits per heavy atom. The van der Waals surface area contributed by atoms with E-state index >= 15 is 0 Å². The molecule has 0 bridgehead atoms. The van der Waals surface area contributed by atoms with Crippen molar-refractivity contribution >= 4 is 17.3 Å². The predicted molar refractivity (Wildman–Crippen MR) is 116 cm³/mol. The van der Waals surface area contributed by atoms with Crippen molar-refractivity contribution in [2.24, 2.45) is 7.05 Å². The van der Waals surface area contributed by atoms with Crippen molar-refractivity contribution in [3.8, 4) is 5.69 Å². The largest absolute Gasteiger partial charge is 0.362 e. The highest BCUT2D eigenvalue weighted by atomic mass is 16.2. The first-order chi connectivity index (χ1) is 14.0. The van der Waals surface area contributed by atoms with Crippen LogP contribution in [0.2, 0.25) is 0 Å². The lowest BCUT2D eigenvalue weighted by atomic mass is 9.99. The first-order valence-electron chi connectivity index (χ1n) is 9.94. The molecule has 0 saturated heterocycles. The molecule has 4 rings (SSSR count). The molecule has 0 atom stereocenters. The maximum Gasteiger partial charge on any atom is 0.295 e. The van der Waals surface area contributed by atoms with Gasteiger partial charge in [0.1, 0.15) is 5.69 Å². The Bertz CT molecular complexity index is 1110. The fourth-order valence-electron chi connectivity index (χ4n) is 4.03. The van der Waals surface area contributed by atoms with Gasteiger partial charge in [-0.1, -0.05) is 35.9 Å². The molecule has 1 aliphatic rings. The van der Waals surface area contributed by atoms with Gasteiger partial charge in [0.05, 0.1) is 17.9 Å². The summed E-state index contributed by atoms with van der Waals surface area (Å²) in [7, 11) is 1.82. The molecule has 2 aromatic carbocycles. The molecule has 0 unspecified atom stereocenters. The SMILES string of the molecule is Cc1ccc2c(c1)CCCN2CC(=O)Nc1c(C)n(C)n(-c2ccccc2)c1=O. The van der Waals surface area contributed by atoms with Gasteiger partial charge in [0, 0.05) is 19.3 Å². The van der Waals surface area contributed by atoms with Crippen LogP contribution < -0.4 is 15.8 Å². The highest BCUT2D eigenvalue weighted by molar-refractivity contribution is 5.94. The number of nitrogens with one attached hydrogen (secondary N) is 1. The topological polar surface area (TPSA) is 59.3 Å². The lowest BCUT2D eigenvalue weighted by Gasteiger charge is -2.31. The number of hydrogen-bond acceptors (Lipinski definition) is 3. The average Bonchev–Trinajstić information content (AvgIpc) is 2.92. The van der Waals surface area contributed by atoms with Gasteiger partial charge in [-0.05, 0) is 50.5 Å². The van der Waals surface area contributed by atoms with Crippen molar-refractivity contribution in [1.29, 1.82) is 0 Å². The van der Waals surface area contributed by atoms with E-state index < -0.39 is 0 Å². The van der Waals surface area contributed by atoms with E-state index in [1.54, 1.807) is 9.36 Å². The second-order valence-electron chi connectivity index (χ2n) is 7.64. The molecular formula is C23H26N4O2. The van der Waals surface area contributed by atoms with Gasteiger partial charge in [-0.25, -0.2) is 4.68 Å². The number of anilines is 2. The van der Waals surface area contributed by atoms with Crippen molar-refractivity contribution in [1.82, 2.24) is 9.36 Å². The summed E-state index contributed by atoms with van der Waals surface area (Å²) in [6.45, 7) is 5.00. The number of rotatable bonds is 4. The molecule has 6 heteroatoms. The molecule has 0 fully saturated rings. The van der Waals surface area contributed by atoms with Gasteiger partial charge in [-0.3, -0.25) is 14.3 Å². The number of nitrogens with zero attached hydrogens (tertiary/aromatic N) is 3. The summed E-state index contributed by atoms with van der Waals surface area (Å²) in [6, 6.07) is 15.8. The molecule has 0 radical (unpaired) electrons. The monoisotopic (exact) mass is 390 g/mol. The van der Waals surface area contributed by atoms with Crippen LogP contribution in [0.25, 0.3) is 5.69 Å². The van der Waals surface area contributed by atoms with Crippen LogP contribution in [-0.2, 0) is 18.3 Å². The number of hydrogen-bond donors (Lipinski definition) is 1. The summed E-state index contributed by atoms with van der Waals surface area (Å²) < 4.78 is 3.34. The van der Waals surface area contributed by atoms with E-state index in [0.29, 0.717) is 5.69 Å². The van der Waals surface area contributed by atoms with Crippen LogP contribution in [0.5, 0.6) is 0 Å². The molecule has 3 aromatic rings. The Balaban J connectivity index is 1.57. The molecule has 6 nitrogen and oxygen atoms in total. The van der Waals surface area contributed by atoms with Crippen LogP contribution in [-0.4, -0.2) is 28.4 Å². The first kappa shape index (κ1) is 19.1. The fraction of sp³-hybridized carbons (Fsp3) is 0.304. The van der Waals surface area contributed by atoms with E-state index in [-0.39, 0.29) is 18.0 Å². The predicted octanol–water partition coefficient (Wildman–Crippen LogP) is 3.18. The third-order valence-corrected chi connectivity index (χ3v) is 5.60. The standard InChI is InChI=1S/C23H26N4O2/c1-16-11-12-20-18(14-16)8-7-13-26(20)15-21(28)24-22-17(2)25(3)27(23(22)29)19-9-5-4-6-10-19/h4-6,9-12,14H,7-8,13,15H2,1-3H3,(H,24,28). The van der Waals surface area contributed by atoms with Crippen molar-refractivity contribution in [2.75, 3.05) is 23.3 Å². The third-order valence-electron chi connectivity index (χ3n) is 5.60. The van der Waals surface area contributed by atoms with Crippen molar-refractivity contribution in [3.63, 3.8) is 0 Å². The molecule has 0 spiro atoms. The number of carbonyl (C=O) groups is 1. The van der Waals surface area contributed by atoms with Gasteiger partial charge >= 0.3 is 0 Å². The molecule has 1 aromatic heterocycles. The van der Waals surface area contributed by atoms with Crippen LogP contribution in [0, 0.1) is 13.8 Å². The summed E-state index contributed by atoms with van der Waals surface area (Å²) >= 11 is 0. The number of benzene rings is 2. The van der Waals surface area contributed by atoms with E-state index in [0.717, 1.165) is 36.5 Å². The van der Waals surface area contributed by atoms with Gasteiger partial charge in [-0.2, -0.15) is 0 Å². The van der Waals surface area contributed by atoms with Crippen LogP contribution in [0.3, 0.4) is 0 Å². The summed E-state index contributed by atoms with van der Waals surface area (Å²) in [5.74, 6) is -0.176. The van der Waals surface area contributed by atoms with Gasteiger partial charge in [-0.15, -0.1) is 0 Å². The second-order valence-corrected chi connectivity index (χ2v) is 7.64. The lowest BCUT2D eigenvalue weighted by molar-refractivity contribution is -0.115. The van der Waals surface area contributed by atoms with Crippen molar-refractivity contribution < 1.29 is 4.79 Å². The molecule has 1 amide bonds. The van der Waals surface area contributed by atoms with Gasteiger partial charge in [0.25, 0.3) is 5.56 Å². The highest BCUT2D eigenvalue weighted by Crippen LogP contribution is 2.27. The average molecular weight is 390 g/mol. The highest BCUT2D eigenvalue weighted by Gasteiger charge is 2.22. The van der Waals surface area contributed by atoms with Crippen molar-refractivity contribution in [2.45, 2.75) is 26.7 Å². The summed E-state index contributed by atoms with van der Waals surface area (Å²) in [5.41, 5.74) is 5.23. The van der Waals surface area contributed by atoms with Crippen LogP contribution in [0.15, 0.2) is 53.3 Å². The number of carbonyl (C=O) groups excluding carboxylic acids is 1. The number of fused-ring (bicyclic) bond motifs is 1. The van der Waals surface area contributed by atoms with Crippen molar-refractivity contribution in [3.05, 3.63) is 75.7 Å². The summed E-state index contributed by atoms with van der Waals surface area (Å²) in [5, 5.41) is 2.86. The maximum atomic E-state index is 13.0. The lowest BCUT2D eigenvalue weighted by Crippen LogP contribution is -2.37. The zero-order chi connectivity index (χ0) is 20.5. The van der Waals surface area contributed by atoms with E-state index in [4.69, 9.17) is 0 Å². The van der Waals surface area contributed by atoms with E-state index in [1.807, 2.05) is 44.3 Å². The zero-order valence-electron chi connectivity index (χ0n) is 17.1. The Kier molecular flexibility index (Phi) is 5.01. The minimum Gasteiger partial charge on any atom is -0.362 e. The Morgan fingerprint density at radius 1 is 1.10 bits per heavy atom. The molecule has 0 aliphatic carbocycles. The molecule has 29 heavy (non-hydrogen) atoms. The number of aromatic nitrogens is 2. The minimum absolute atomic E-state index is 0.176. The molecule has 2 heterocycles. The van der Waals surface area contributed by atoms with E-state index in [2.05, 4.69) is 35.3 Å². The van der Waals surface area contributed by atoms with Crippen LogP contribution >= 0.6 is 0 Å². The Morgan fingerprint density at radius 3 is 2.62 bits per heavy atom. The van der Waals surface area contributed by atoms with Gasteiger partial charge in [0.2, 0.25) is 5.91 Å². The Hall–Kier alpha value is -3.28. The van der Waals surface area contributed by atoms with Crippen LogP contribution in [0.4, 0.5) is 11.4 Å². The quantitative estimate of drug-likeness (QED) is 0.744. The second kappa shape index (κ2) is 7.62. The Labute approximate surface area is 170 Å². The minimum atomic E-state index is -0.223. The van der Waals surface area contributed by atoms with E-state index in [9.17, 15) is 9.59 Å². The zero-order valence-corrected chi connectivity index (χ0v) is 17.1. The molecular weight excluding hydrogens is 364 g/mol. The fourth-order valence-corrected chi connectivity index (χ4v) is 4.03. The van der Waals surface area contributed by atoms with Gasteiger partial charge < -0.3 is 10.2 Å².